The van der Waals surface area contributed by atoms with Crippen molar-refractivity contribution in [2.75, 3.05) is 11.4 Å². The first-order valence-corrected chi connectivity index (χ1v) is 6.55. The number of carbonyl (C=O) groups excluding carboxylic acids is 1. The molecule has 0 saturated heterocycles. The van der Waals surface area contributed by atoms with Gasteiger partial charge in [0.2, 0.25) is 0 Å². The van der Waals surface area contributed by atoms with E-state index in [1.807, 2.05) is 41.3 Å². The second-order valence-corrected chi connectivity index (χ2v) is 4.92. The lowest BCUT2D eigenvalue weighted by atomic mass is 10.0. The van der Waals surface area contributed by atoms with Crippen LogP contribution in [0, 0.1) is 0 Å². The molecule has 2 heterocycles. The fourth-order valence-electron chi connectivity index (χ4n) is 2.90. The lowest BCUT2D eigenvalue weighted by molar-refractivity contribution is 0.0985. The fraction of sp³-hybridized carbons (Fsp3) is 0.188. The van der Waals surface area contributed by atoms with Gasteiger partial charge in [-0.25, -0.2) is 0 Å². The third kappa shape index (κ3) is 1.48. The highest BCUT2D eigenvalue weighted by molar-refractivity contribution is 6.10. The molecule has 0 spiro atoms. The SMILES string of the molecule is O=C1c2ccccc2Oc2cccc3c2N1CCC3. The van der Waals surface area contributed by atoms with Crippen LogP contribution in [0.2, 0.25) is 0 Å². The molecular weight excluding hydrogens is 238 g/mol. The Hall–Kier alpha value is -2.29. The maximum absolute atomic E-state index is 12.7. The number of para-hydroxylation sites is 2. The molecule has 0 fully saturated rings. The Bertz CT molecular complexity index is 678. The molecule has 0 N–H and O–H groups in total. The molecule has 19 heavy (non-hydrogen) atoms. The Morgan fingerprint density at radius 2 is 1.84 bits per heavy atom. The smallest absolute Gasteiger partial charge is 0.262 e. The molecule has 0 radical (unpaired) electrons. The highest BCUT2D eigenvalue weighted by atomic mass is 16.5. The zero-order valence-electron chi connectivity index (χ0n) is 10.4. The minimum Gasteiger partial charge on any atom is -0.454 e. The number of rotatable bonds is 0. The number of carbonyl (C=O) groups is 1. The minimum atomic E-state index is 0.0431. The first kappa shape index (κ1) is 10.6. The van der Waals surface area contributed by atoms with Gasteiger partial charge < -0.3 is 9.64 Å². The number of benzene rings is 2. The van der Waals surface area contributed by atoms with Gasteiger partial charge in [-0.1, -0.05) is 24.3 Å². The molecule has 0 aromatic heterocycles. The highest BCUT2D eigenvalue weighted by Gasteiger charge is 2.31. The van der Waals surface area contributed by atoms with E-state index in [9.17, 15) is 4.79 Å². The average Bonchev–Trinajstić information content (AvgIpc) is 2.58. The van der Waals surface area contributed by atoms with Crippen LogP contribution in [0.25, 0.3) is 0 Å². The maximum Gasteiger partial charge on any atom is 0.262 e. The van der Waals surface area contributed by atoms with Gasteiger partial charge in [-0.3, -0.25) is 4.79 Å². The molecule has 4 rings (SSSR count). The predicted molar refractivity (Wildman–Crippen MR) is 73.0 cm³/mol. The van der Waals surface area contributed by atoms with Crippen molar-refractivity contribution in [1.29, 1.82) is 0 Å². The number of hydrogen-bond acceptors (Lipinski definition) is 2. The zero-order valence-corrected chi connectivity index (χ0v) is 10.4. The second kappa shape index (κ2) is 3.85. The zero-order chi connectivity index (χ0) is 12.8. The number of amides is 1. The summed E-state index contributed by atoms with van der Waals surface area (Å²) < 4.78 is 5.96. The van der Waals surface area contributed by atoms with Crippen LogP contribution < -0.4 is 9.64 Å². The van der Waals surface area contributed by atoms with Crippen molar-refractivity contribution in [2.24, 2.45) is 0 Å². The predicted octanol–water partition coefficient (Wildman–Crippen LogP) is 3.39. The summed E-state index contributed by atoms with van der Waals surface area (Å²) in [4.78, 5) is 14.5. The third-order valence-electron chi connectivity index (χ3n) is 3.76. The third-order valence-corrected chi connectivity index (χ3v) is 3.76. The summed E-state index contributed by atoms with van der Waals surface area (Å²) in [7, 11) is 0. The summed E-state index contributed by atoms with van der Waals surface area (Å²) >= 11 is 0. The standard InChI is InChI=1S/C16H13NO2/c18-16-12-7-1-2-8-13(12)19-14-9-3-5-11-6-4-10-17(16)15(11)14/h1-3,5,7-9H,4,6,10H2. The van der Waals surface area contributed by atoms with Crippen LogP contribution in [0.15, 0.2) is 42.5 Å². The Balaban J connectivity index is 2.00. The summed E-state index contributed by atoms with van der Waals surface area (Å²) in [5.41, 5.74) is 2.80. The average molecular weight is 251 g/mol. The first-order chi connectivity index (χ1) is 9.34. The number of hydrogen-bond donors (Lipinski definition) is 0. The van der Waals surface area contributed by atoms with Crippen LogP contribution in [0.3, 0.4) is 0 Å². The van der Waals surface area contributed by atoms with Gasteiger partial charge in [0.25, 0.3) is 5.91 Å². The lowest BCUT2D eigenvalue weighted by Gasteiger charge is -2.28. The summed E-state index contributed by atoms with van der Waals surface area (Å²) in [6.07, 6.45) is 2.01. The van der Waals surface area contributed by atoms with E-state index in [1.165, 1.54) is 5.56 Å². The van der Waals surface area contributed by atoms with Gasteiger partial charge in [0.1, 0.15) is 5.75 Å². The normalized spacial score (nSPS) is 16.2. The van der Waals surface area contributed by atoms with Gasteiger partial charge >= 0.3 is 0 Å². The van der Waals surface area contributed by atoms with E-state index in [0.29, 0.717) is 11.3 Å². The van der Waals surface area contributed by atoms with Crippen molar-refractivity contribution in [3.63, 3.8) is 0 Å². The van der Waals surface area contributed by atoms with Gasteiger partial charge in [-0.2, -0.15) is 0 Å². The molecule has 0 saturated carbocycles. The van der Waals surface area contributed by atoms with Crippen molar-refractivity contribution < 1.29 is 9.53 Å². The maximum atomic E-state index is 12.7. The summed E-state index contributed by atoms with van der Waals surface area (Å²) in [5.74, 6) is 1.48. The van der Waals surface area contributed by atoms with E-state index in [0.717, 1.165) is 30.8 Å². The molecular formula is C16H13NO2. The summed E-state index contributed by atoms with van der Waals surface area (Å²) in [6.45, 7) is 0.764. The quantitative estimate of drug-likeness (QED) is 0.718. The first-order valence-electron chi connectivity index (χ1n) is 6.55. The van der Waals surface area contributed by atoms with Crippen LogP contribution in [0.5, 0.6) is 11.5 Å². The Morgan fingerprint density at radius 1 is 1.00 bits per heavy atom. The van der Waals surface area contributed by atoms with Crippen LogP contribution in [-0.2, 0) is 6.42 Å². The number of ether oxygens (including phenoxy) is 1. The summed E-state index contributed by atoms with van der Waals surface area (Å²) in [6, 6.07) is 13.5. The van der Waals surface area contributed by atoms with Crippen molar-refractivity contribution >= 4 is 11.6 Å². The molecule has 2 aromatic rings. The van der Waals surface area contributed by atoms with E-state index >= 15 is 0 Å². The topological polar surface area (TPSA) is 29.5 Å². The van der Waals surface area contributed by atoms with Crippen molar-refractivity contribution in [3.05, 3.63) is 53.6 Å². The van der Waals surface area contributed by atoms with E-state index in [2.05, 4.69) is 6.07 Å². The monoisotopic (exact) mass is 251 g/mol. The Morgan fingerprint density at radius 3 is 2.79 bits per heavy atom. The Kier molecular flexibility index (Phi) is 2.15. The fourth-order valence-corrected chi connectivity index (χ4v) is 2.90. The molecule has 0 bridgehead atoms. The van der Waals surface area contributed by atoms with Gasteiger partial charge in [-0.05, 0) is 36.6 Å². The molecule has 3 heteroatoms. The molecule has 0 unspecified atom stereocenters. The number of anilines is 1. The largest absolute Gasteiger partial charge is 0.454 e. The van der Waals surface area contributed by atoms with Gasteiger partial charge in [0.15, 0.2) is 5.75 Å². The van der Waals surface area contributed by atoms with E-state index < -0.39 is 0 Å². The van der Waals surface area contributed by atoms with Crippen LogP contribution >= 0.6 is 0 Å². The molecule has 1 amide bonds. The Labute approximate surface area is 111 Å². The van der Waals surface area contributed by atoms with E-state index in [-0.39, 0.29) is 5.91 Å². The van der Waals surface area contributed by atoms with Gasteiger partial charge in [0, 0.05) is 6.54 Å². The minimum absolute atomic E-state index is 0.0431. The van der Waals surface area contributed by atoms with Crippen molar-refractivity contribution in [3.8, 4) is 11.5 Å². The molecule has 0 aliphatic carbocycles. The van der Waals surface area contributed by atoms with Crippen molar-refractivity contribution in [1.82, 2.24) is 0 Å². The molecule has 94 valence electrons. The second-order valence-electron chi connectivity index (χ2n) is 4.92. The number of fused-ring (bicyclic) bond motifs is 1. The van der Waals surface area contributed by atoms with E-state index in [4.69, 9.17) is 4.74 Å². The number of aryl methyl sites for hydroxylation is 1. The summed E-state index contributed by atoms with van der Waals surface area (Å²) in [5, 5.41) is 0. The van der Waals surface area contributed by atoms with Crippen LogP contribution in [0.1, 0.15) is 22.3 Å². The molecule has 0 atom stereocenters. The number of nitrogens with zero attached hydrogens (tertiary/aromatic N) is 1. The molecule has 2 aliphatic rings. The van der Waals surface area contributed by atoms with Crippen LogP contribution in [0.4, 0.5) is 5.69 Å². The van der Waals surface area contributed by atoms with Crippen molar-refractivity contribution in [2.45, 2.75) is 12.8 Å². The molecule has 2 aliphatic heterocycles. The highest BCUT2D eigenvalue weighted by Crippen LogP contribution is 2.43. The molecule has 3 nitrogen and oxygen atoms in total. The van der Waals surface area contributed by atoms with E-state index in [1.54, 1.807) is 0 Å². The molecule has 2 aromatic carbocycles. The van der Waals surface area contributed by atoms with Gasteiger partial charge in [0.05, 0.1) is 11.3 Å². The van der Waals surface area contributed by atoms with Crippen LogP contribution in [-0.4, -0.2) is 12.5 Å². The van der Waals surface area contributed by atoms with Gasteiger partial charge in [-0.15, -0.1) is 0 Å². The lowest BCUT2D eigenvalue weighted by Crippen LogP contribution is -2.34.